The molecule has 0 spiro atoms. The Hall–Kier alpha value is -3.29. The van der Waals surface area contributed by atoms with E-state index in [2.05, 4.69) is 5.32 Å². The van der Waals surface area contributed by atoms with Gasteiger partial charge in [0.05, 0.1) is 6.54 Å². The van der Waals surface area contributed by atoms with Gasteiger partial charge >= 0.3 is 6.03 Å². The lowest BCUT2D eigenvalue weighted by Gasteiger charge is -2.22. The summed E-state index contributed by atoms with van der Waals surface area (Å²) in [7, 11) is 0. The fourth-order valence-electron chi connectivity index (χ4n) is 2.85. The molecular weight excluding hydrogens is 344 g/mol. The Labute approximate surface area is 147 Å². The van der Waals surface area contributed by atoms with E-state index in [0.717, 1.165) is 17.0 Å². The van der Waals surface area contributed by atoms with Crippen LogP contribution >= 0.6 is 0 Å². The Morgan fingerprint density at radius 3 is 2.54 bits per heavy atom. The molecule has 0 aliphatic carbocycles. The van der Waals surface area contributed by atoms with Crippen molar-refractivity contribution >= 4 is 17.8 Å². The molecule has 1 aliphatic rings. The maximum absolute atomic E-state index is 13.5. The van der Waals surface area contributed by atoms with E-state index in [0.29, 0.717) is 5.56 Å². The highest BCUT2D eigenvalue weighted by molar-refractivity contribution is 6.07. The number of nitrogens with two attached hydrogens (primary N) is 1. The SMILES string of the molecule is CC1(c2ccc(F)c(F)c2)NC(=O)N(Cc2cccc(C(N)=O)c2)C1=O. The zero-order valence-electron chi connectivity index (χ0n) is 13.8. The second-order valence-electron chi connectivity index (χ2n) is 6.14. The van der Waals surface area contributed by atoms with Crippen LogP contribution < -0.4 is 11.1 Å². The van der Waals surface area contributed by atoms with Crippen LogP contribution in [0, 0.1) is 11.6 Å². The minimum Gasteiger partial charge on any atom is -0.366 e. The van der Waals surface area contributed by atoms with Crippen LogP contribution in [0.4, 0.5) is 13.6 Å². The van der Waals surface area contributed by atoms with Gasteiger partial charge in [0, 0.05) is 5.56 Å². The molecule has 0 saturated carbocycles. The number of nitrogens with one attached hydrogen (secondary N) is 1. The monoisotopic (exact) mass is 359 g/mol. The largest absolute Gasteiger partial charge is 0.366 e. The van der Waals surface area contributed by atoms with Gasteiger partial charge in [0.1, 0.15) is 5.54 Å². The van der Waals surface area contributed by atoms with Gasteiger partial charge < -0.3 is 11.1 Å². The quantitative estimate of drug-likeness (QED) is 0.818. The van der Waals surface area contributed by atoms with Crippen molar-refractivity contribution in [1.82, 2.24) is 10.2 Å². The topological polar surface area (TPSA) is 92.5 Å². The maximum atomic E-state index is 13.5. The number of primary amides is 1. The lowest BCUT2D eigenvalue weighted by molar-refractivity contribution is -0.131. The van der Waals surface area contributed by atoms with Crippen LogP contribution in [-0.4, -0.2) is 22.7 Å². The zero-order chi connectivity index (χ0) is 19.1. The molecule has 1 atom stereocenters. The lowest BCUT2D eigenvalue weighted by atomic mass is 9.92. The summed E-state index contributed by atoms with van der Waals surface area (Å²) in [5.74, 6) is -3.40. The Balaban J connectivity index is 1.90. The molecule has 3 N–H and O–H groups in total. The van der Waals surface area contributed by atoms with Crippen molar-refractivity contribution in [2.24, 2.45) is 5.73 Å². The molecule has 1 fully saturated rings. The summed E-state index contributed by atoms with van der Waals surface area (Å²) >= 11 is 0. The van der Waals surface area contributed by atoms with Gasteiger partial charge in [-0.25, -0.2) is 13.6 Å². The summed E-state index contributed by atoms with van der Waals surface area (Å²) in [6.45, 7) is 1.32. The summed E-state index contributed by atoms with van der Waals surface area (Å²) in [4.78, 5) is 37.3. The number of urea groups is 1. The average Bonchev–Trinajstić information content (AvgIpc) is 2.82. The minimum atomic E-state index is -1.52. The van der Waals surface area contributed by atoms with Crippen LogP contribution in [0.15, 0.2) is 42.5 Å². The first-order chi connectivity index (χ1) is 12.2. The number of carbonyl (C=O) groups is 3. The molecule has 26 heavy (non-hydrogen) atoms. The Kier molecular flexibility index (Phi) is 4.19. The summed E-state index contributed by atoms with van der Waals surface area (Å²) < 4.78 is 26.7. The second kappa shape index (κ2) is 6.21. The average molecular weight is 359 g/mol. The van der Waals surface area contributed by atoms with Gasteiger partial charge in [-0.1, -0.05) is 18.2 Å². The first-order valence-electron chi connectivity index (χ1n) is 7.71. The van der Waals surface area contributed by atoms with E-state index in [9.17, 15) is 23.2 Å². The summed E-state index contributed by atoms with van der Waals surface area (Å²) in [5.41, 5.74) is 4.61. The number of rotatable bonds is 4. The number of halogens is 2. The van der Waals surface area contributed by atoms with Crippen molar-refractivity contribution in [2.75, 3.05) is 0 Å². The highest BCUT2D eigenvalue weighted by Gasteiger charge is 2.49. The second-order valence-corrected chi connectivity index (χ2v) is 6.14. The van der Waals surface area contributed by atoms with Gasteiger partial charge in [-0.2, -0.15) is 0 Å². The number of carbonyl (C=O) groups excluding carboxylic acids is 3. The number of nitrogens with zero attached hydrogens (tertiary/aromatic N) is 1. The molecule has 6 nitrogen and oxygen atoms in total. The first kappa shape index (κ1) is 17.5. The molecular formula is C18H15F2N3O3. The normalized spacial score (nSPS) is 19.6. The van der Waals surface area contributed by atoms with E-state index in [1.54, 1.807) is 12.1 Å². The fraction of sp³-hybridized carbons (Fsp3) is 0.167. The van der Waals surface area contributed by atoms with Crippen molar-refractivity contribution in [3.8, 4) is 0 Å². The third-order valence-corrected chi connectivity index (χ3v) is 4.32. The van der Waals surface area contributed by atoms with Crippen molar-refractivity contribution in [1.29, 1.82) is 0 Å². The third kappa shape index (κ3) is 2.90. The highest BCUT2D eigenvalue weighted by atomic mass is 19.2. The van der Waals surface area contributed by atoms with Crippen LogP contribution in [0.2, 0.25) is 0 Å². The molecule has 1 aliphatic heterocycles. The Morgan fingerprint density at radius 2 is 1.88 bits per heavy atom. The predicted molar refractivity (Wildman–Crippen MR) is 87.8 cm³/mol. The maximum Gasteiger partial charge on any atom is 0.325 e. The van der Waals surface area contributed by atoms with Gasteiger partial charge in [-0.05, 0) is 42.3 Å². The molecule has 4 amide bonds. The number of hydrogen-bond donors (Lipinski definition) is 2. The molecule has 134 valence electrons. The van der Waals surface area contributed by atoms with Crippen molar-refractivity contribution in [2.45, 2.75) is 19.0 Å². The molecule has 0 aromatic heterocycles. The molecule has 1 unspecified atom stereocenters. The van der Waals surface area contributed by atoms with E-state index >= 15 is 0 Å². The number of amides is 4. The zero-order valence-corrected chi connectivity index (χ0v) is 13.8. The van der Waals surface area contributed by atoms with E-state index in [4.69, 9.17) is 5.73 Å². The van der Waals surface area contributed by atoms with E-state index in [1.165, 1.54) is 25.1 Å². The Morgan fingerprint density at radius 1 is 1.15 bits per heavy atom. The minimum absolute atomic E-state index is 0.0922. The van der Waals surface area contributed by atoms with Gasteiger partial charge in [-0.3, -0.25) is 14.5 Å². The summed E-state index contributed by atoms with van der Waals surface area (Å²) in [5, 5.41) is 2.51. The van der Waals surface area contributed by atoms with Crippen LogP contribution in [0.5, 0.6) is 0 Å². The molecule has 1 heterocycles. The summed E-state index contributed by atoms with van der Waals surface area (Å²) in [6, 6.07) is 8.57. The van der Waals surface area contributed by atoms with Crippen LogP contribution in [-0.2, 0) is 16.9 Å². The standard InChI is InChI=1S/C18H15F2N3O3/c1-18(12-5-6-13(19)14(20)8-12)16(25)23(17(26)22-18)9-10-3-2-4-11(7-10)15(21)24/h2-8H,9H2,1H3,(H2,21,24)(H,22,26). The van der Waals surface area contributed by atoms with Crippen molar-refractivity contribution in [3.05, 3.63) is 70.8 Å². The predicted octanol–water partition coefficient (Wildman–Crippen LogP) is 2.03. The van der Waals surface area contributed by atoms with E-state index in [1.807, 2.05) is 0 Å². The first-order valence-corrected chi connectivity index (χ1v) is 7.71. The molecule has 2 aromatic carbocycles. The van der Waals surface area contributed by atoms with E-state index in [-0.39, 0.29) is 17.7 Å². The van der Waals surface area contributed by atoms with E-state index < -0.39 is 35.0 Å². The van der Waals surface area contributed by atoms with Crippen LogP contribution in [0.25, 0.3) is 0 Å². The smallest absolute Gasteiger partial charge is 0.325 e. The molecule has 8 heteroatoms. The van der Waals surface area contributed by atoms with Gasteiger partial charge in [0.15, 0.2) is 11.6 Å². The Bertz CT molecular complexity index is 932. The van der Waals surface area contributed by atoms with Gasteiger partial charge in [0.25, 0.3) is 5.91 Å². The highest BCUT2D eigenvalue weighted by Crippen LogP contribution is 2.30. The number of benzene rings is 2. The molecule has 1 saturated heterocycles. The van der Waals surface area contributed by atoms with Crippen LogP contribution in [0.1, 0.15) is 28.4 Å². The van der Waals surface area contributed by atoms with Gasteiger partial charge in [-0.15, -0.1) is 0 Å². The number of hydrogen-bond acceptors (Lipinski definition) is 3. The van der Waals surface area contributed by atoms with Crippen molar-refractivity contribution < 1.29 is 23.2 Å². The molecule has 3 rings (SSSR count). The third-order valence-electron chi connectivity index (χ3n) is 4.32. The number of imide groups is 1. The van der Waals surface area contributed by atoms with Crippen molar-refractivity contribution in [3.63, 3.8) is 0 Å². The summed E-state index contributed by atoms with van der Waals surface area (Å²) in [6.07, 6.45) is 0. The molecule has 0 radical (unpaired) electrons. The van der Waals surface area contributed by atoms with Crippen LogP contribution in [0.3, 0.4) is 0 Å². The fourth-order valence-corrected chi connectivity index (χ4v) is 2.85. The lowest BCUT2D eigenvalue weighted by Crippen LogP contribution is -2.41. The van der Waals surface area contributed by atoms with Gasteiger partial charge in [0.2, 0.25) is 5.91 Å². The molecule has 0 bridgehead atoms. The molecule has 2 aromatic rings.